The molecule has 2 heterocycles. The van der Waals surface area contributed by atoms with E-state index in [0.29, 0.717) is 29.6 Å². The highest BCUT2D eigenvalue weighted by molar-refractivity contribution is 5.74. The molecule has 2 aromatic heterocycles. The molecule has 3 aromatic rings. The number of nitrogens with zero attached hydrogens (tertiary/aromatic N) is 4. The van der Waals surface area contributed by atoms with Crippen molar-refractivity contribution in [3.8, 4) is 11.7 Å². The van der Waals surface area contributed by atoms with E-state index in [9.17, 15) is 4.79 Å². The van der Waals surface area contributed by atoms with Gasteiger partial charge in [0.1, 0.15) is 5.39 Å². The first kappa shape index (κ1) is 15.9. The van der Waals surface area contributed by atoms with Gasteiger partial charge in [-0.2, -0.15) is 4.98 Å². The molecular formula is C19H22N4O2. The molecule has 0 spiro atoms. The van der Waals surface area contributed by atoms with Gasteiger partial charge in [-0.25, -0.2) is 4.68 Å². The molecule has 0 unspecified atom stereocenters. The molecule has 1 fully saturated rings. The van der Waals surface area contributed by atoms with Crippen LogP contribution >= 0.6 is 0 Å². The summed E-state index contributed by atoms with van der Waals surface area (Å²) in [6.45, 7) is 6.51. The number of hydrogen-bond acceptors (Lipinski definition) is 4. The van der Waals surface area contributed by atoms with Gasteiger partial charge < -0.3 is 4.74 Å². The Balaban J connectivity index is 1.88. The van der Waals surface area contributed by atoms with Gasteiger partial charge >= 0.3 is 6.01 Å². The van der Waals surface area contributed by atoms with E-state index in [0.717, 1.165) is 16.8 Å². The number of ether oxygens (including phenoxy) is 1. The Morgan fingerprint density at radius 2 is 1.92 bits per heavy atom. The van der Waals surface area contributed by atoms with Crippen molar-refractivity contribution in [2.45, 2.75) is 39.5 Å². The second-order valence-corrected chi connectivity index (χ2v) is 6.78. The van der Waals surface area contributed by atoms with Gasteiger partial charge in [0.05, 0.1) is 12.3 Å². The van der Waals surface area contributed by atoms with E-state index in [2.05, 4.69) is 36.1 Å². The maximum absolute atomic E-state index is 12.6. The Bertz CT molecular complexity index is 1000. The van der Waals surface area contributed by atoms with Gasteiger partial charge in [0.15, 0.2) is 5.65 Å². The summed E-state index contributed by atoms with van der Waals surface area (Å²) in [4.78, 5) is 17.0. The van der Waals surface area contributed by atoms with E-state index in [1.54, 1.807) is 17.9 Å². The van der Waals surface area contributed by atoms with Gasteiger partial charge in [0.2, 0.25) is 0 Å². The number of aryl methyl sites for hydroxylation is 2. The number of hydrogen-bond donors (Lipinski definition) is 0. The predicted octanol–water partition coefficient (Wildman–Crippen LogP) is 3.01. The molecule has 4 rings (SSSR count). The molecule has 1 aromatic carbocycles. The largest absolute Gasteiger partial charge is 0.465 e. The molecule has 1 saturated carbocycles. The normalized spacial score (nSPS) is 14.2. The van der Waals surface area contributed by atoms with E-state index in [-0.39, 0.29) is 5.56 Å². The average molecular weight is 338 g/mol. The lowest BCUT2D eigenvalue weighted by atomic mass is 10.0. The molecule has 25 heavy (non-hydrogen) atoms. The predicted molar refractivity (Wildman–Crippen MR) is 96.7 cm³/mol. The van der Waals surface area contributed by atoms with E-state index < -0.39 is 0 Å². The van der Waals surface area contributed by atoms with Gasteiger partial charge in [-0.05, 0) is 56.2 Å². The topological polar surface area (TPSA) is 61.9 Å². The van der Waals surface area contributed by atoms with Gasteiger partial charge in [-0.15, -0.1) is 5.10 Å². The van der Waals surface area contributed by atoms with Crippen LogP contribution < -0.4 is 10.3 Å². The van der Waals surface area contributed by atoms with Crippen molar-refractivity contribution in [3.63, 3.8) is 0 Å². The fourth-order valence-corrected chi connectivity index (χ4v) is 3.41. The van der Waals surface area contributed by atoms with Crippen molar-refractivity contribution in [3.05, 3.63) is 45.4 Å². The summed E-state index contributed by atoms with van der Waals surface area (Å²) in [7, 11) is 1.66. The molecular weight excluding hydrogens is 316 g/mol. The van der Waals surface area contributed by atoms with Gasteiger partial charge in [-0.1, -0.05) is 12.1 Å². The third kappa shape index (κ3) is 2.62. The highest BCUT2D eigenvalue weighted by Crippen LogP contribution is 2.41. The van der Waals surface area contributed by atoms with E-state index >= 15 is 0 Å². The smallest absolute Gasteiger partial charge is 0.301 e. The highest BCUT2D eigenvalue weighted by Gasteiger charge is 2.25. The minimum atomic E-state index is -0.149. The van der Waals surface area contributed by atoms with Crippen LogP contribution in [0.4, 0.5) is 0 Å². The summed E-state index contributed by atoms with van der Waals surface area (Å²) in [6, 6.07) is 4.77. The quantitative estimate of drug-likeness (QED) is 0.734. The molecule has 0 saturated heterocycles. The third-order valence-electron chi connectivity index (χ3n) is 4.78. The summed E-state index contributed by atoms with van der Waals surface area (Å²) in [6.07, 6.45) is 4.33. The lowest BCUT2D eigenvalue weighted by molar-refractivity contribution is 0.297. The summed E-state index contributed by atoms with van der Waals surface area (Å²) < 4.78 is 8.64. The van der Waals surface area contributed by atoms with Crippen molar-refractivity contribution < 1.29 is 4.74 Å². The van der Waals surface area contributed by atoms with Crippen LogP contribution in [0.1, 0.15) is 42.4 Å². The van der Waals surface area contributed by atoms with Gasteiger partial charge in [0.25, 0.3) is 5.56 Å². The zero-order valence-electron chi connectivity index (χ0n) is 15.0. The summed E-state index contributed by atoms with van der Waals surface area (Å²) >= 11 is 0. The van der Waals surface area contributed by atoms with Crippen LogP contribution in [-0.2, 0) is 7.05 Å². The van der Waals surface area contributed by atoms with Crippen molar-refractivity contribution >= 4 is 11.0 Å². The Labute approximate surface area is 146 Å². The summed E-state index contributed by atoms with van der Waals surface area (Å²) in [5.74, 6) is 0.714. The van der Waals surface area contributed by atoms with E-state index in [1.807, 2.05) is 6.92 Å². The molecule has 0 bridgehead atoms. The molecule has 0 N–H and O–H groups in total. The lowest BCUT2D eigenvalue weighted by Crippen LogP contribution is -2.20. The molecule has 130 valence electrons. The Morgan fingerprint density at radius 1 is 1.24 bits per heavy atom. The number of rotatable bonds is 4. The first-order valence-electron chi connectivity index (χ1n) is 8.70. The Kier molecular flexibility index (Phi) is 3.63. The van der Waals surface area contributed by atoms with Crippen molar-refractivity contribution in [1.82, 2.24) is 19.3 Å². The monoisotopic (exact) mass is 338 g/mol. The number of fused-ring (bicyclic) bond motifs is 1. The first-order valence-corrected chi connectivity index (χ1v) is 8.70. The average Bonchev–Trinajstić information content (AvgIpc) is 3.33. The van der Waals surface area contributed by atoms with Crippen LogP contribution in [0.15, 0.2) is 23.1 Å². The number of aromatic nitrogens is 4. The fraction of sp³-hybridized carbons (Fsp3) is 0.421. The SMILES string of the molecule is CCOc1nc2nn(-c3c(C)cc(C4CC4)cc3C)cc2c(=O)n1C. The molecule has 6 nitrogen and oxygen atoms in total. The van der Waals surface area contributed by atoms with Crippen LogP contribution in [0.5, 0.6) is 6.01 Å². The van der Waals surface area contributed by atoms with Gasteiger partial charge in [0, 0.05) is 13.2 Å². The Morgan fingerprint density at radius 3 is 2.52 bits per heavy atom. The molecule has 6 heteroatoms. The van der Waals surface area contributed by atoms with Crippen LogP contribution in [-0.4, -0.2) is 25.9 Å². The minimum absolute atomic E-state index is 0.149. The minimum Gasteiger partial charge on any atom is -0.465 e. The zero-order valence-corrected chi connectivity index (χ0v) is 15.0. The molecule has 0 atom stereocenters. The molecule has 0 aliphatic heterocycles. The number of benzene rings is 1. The standard InChI is InChI=1S/C19H22N4O2/c1-5-25-19-20-17-15(18(24)22(19)4)10-23(21-17)16-11(2)8-14(9-12(16)3)13-6-7-13/h8-10,13H,5-7H2,1-4H3. The highest BCUT2D eigenvalue weighted by atomic mass is 16.5. The second-order valence-electron chi connectivity index (χ2n) is 6.78. The van der Waals surface area contributed by atoms with Crippen molar-refractivity contribution in [1.29, 1.82) is 0 Å². The second kappa shape index (κ2) is 5.72. The van der Waals surface area contributed by atoms with Crippen LogP contribution in [0.2, 0.25) is 0 Å². The maximum atomic E-state index is 12.6. The lowest BCUT2D eigenvalue weighted by Gasteiger charge is -2.12. The fourth-order valence-electron chi connectivity index (χ4n) is 3.41. The maximum Gasteiger partial charge on any atom is 0.301 e. The van der Waals surface area contributed by atoms with Crippen LogP contribution in [0.3, 0.4) is 0 Å². The van der Waals surface area contributed by atoms with Crippen LogP contribution in [0.25, 0.3) is 16.7 Å². The first-order chi connectivity index (χ1) is 12.0. The van der Waals surface area contributed by atoms with E-state index in [4.69, 9.17) is 4.74 Å². The van der Waals surface area contributed by atoms with Crippen molar-refractivity contribution in [2.75, 3.05) is 6.61 Å². The van der Waals surface area contributed by atoms with Crippen molar-refractivity contribution in [2.24, 2.45) is 7.05 Å². The summed E-state index contributed by atoms with van der Waals surface area (Å²) in [5.41, 5.74) is 5.01. The Hall–Kier alpha value is -2.63. The summed E-state index contributed by atoms with van der Waals surface area (Å²) in [5, 5.41) is 5.05. The van der Waals surface area contributed by atoms with E-state index in [1.165, 1.54) is 23.0 Å². The van der Waals surface area contributed by atoms with Gasteiger partial charge in [-0.3, -0.25) is 9.36 Å². The third-order valence-corrected chi connectivity index (χ3v) is 4.78. The molecule has 1 aliphatic rings. The molecule has 0 amide bonds. The zero-order chi connectivity index (χ0) is 17.7. The molecule has 0 radical (unpaired) electrons. The van der Waals surface area contributed by atoms with Crippen LogP contribution in [0, 0.1) is 13.8 Å². The molecule has 1 aliphatic carbocycles.